The third kappa shape index (κ3) is 2.60. The van der Waals surface area contributed by atoms with Crippen molar-refractivity contribution in [1.29, 1.82) is 0 Å². The largest absolute Gasteiger partial charge is 0.324 e. The zero-order valence-corrected chi connectivity index (χ0v) is 9.24. The number of aromatic nitrogens is 2. The van der Waals surface area contributed by atoms with E-state index in [-0.39, 0.29) is 20.8 Å². The van der Waals surface area contributed by atoms with Crippen LogP contribution in [0.15, 0.2) is 4.90 Å². The van der Waals surface area contributed by atoms with E-state index >= 15 is 0 Å². The molecule has 8 heteroatoms. The molecule has 0 aliphatic carbocycles. The molecule has 0 spiro atoms. The maximum Gasteiger partial charge on any atom is 0.324 e. The Morgan fingerprint density at radius 3 is 2.46 bits per heavy atom. The van der Waals surface area contributed by atoms with Gasteiger partial charge in [0.2, 0.25) is 0 Å². The number of halogens is 1. The standard InChI is InChI=1S/C5H7ClN2O3S2/c1-3-4(12-13(9,10)11)5(6)8(2)7-3/h1-2H3,(H,9,10,11). The van der Waals surface area contributed by atoms with Crippen LogP contribution in [0.4, 0.5) is 0 Å². The average Bonchev–Trinajstić information content (AvgIpc) is 2.14. The lowest BCUT2D eigenvalue weighted by Gasteiger charge is -1.95. The van der Waals surface area contributed by atoms with Gasteiger partial charge in [0.05, 0.1) is 10.6 Å². The second-order valence-electron chi connectivity index (χ2n) is 2.34. The summed E-state index contributed by atoms with van der Waals surface area (Å²) in [6.45, 7) is 1.61. The molecule has 0 atom stereocenters. The molecule has 0 fully saturated rings. The molecular formula is C5H7ClN2O3S2. The van der Waals surface area contributed by atoms with E-state index in [2.05, 4.69) is 5.10 Å². The van der Waals surface area contributed by atoms with Gasteiger partial charge in [0, 0.05) is 17.8 Å². The third-order valence-corrected chi connectivity index (χ3v) is 3.83. The lowest BCUT2D eigenvalue weighted by molar-refractivity contribution is 0.503. The van der Waals surface area contributed by atoms with Crippen LogP contribution in [-0.4, -0.2) is 22.8 Å². The predicted octanol–water partition coefficient (Wildman–Crippen LogP) is 1.28. The van der Waals surface area contributed by atoms with Crippen LogP contribution in [0.3, 0.4) is 0 Å². The molecule has 0 bridgehead atoms. The quantitative estimate of drug-likeness (QED) is 0.625. The fraction of sp³-hybridized carbons (Fsp3) is 0.400. The first kappa shape index (κ1) is 10.8. The molecule has 74 valence electrons. The fourth-order valence-corrected chi connectivity index (χ4v) is 3.04. The van der Waals surface area contributed by atoms with E-state index in [1.165, 1.54) is 4.68 Å². The minimum atomic E-state index is -4.13. The highest BCUT2D eigenvalue weighted by Gasteiger charge is 2.18. The van der Waals surface area contributed by atoms with E-state index < -0.39 is 9.15 Å². The van der Waals surface area contributed by atoms with Gasteiger partial charge in [-0.3, -0.25) is 9.23 Å². The lowest BCUT2D eigenvalue weighted by atomic mass is 10.5. The SMILES string of the molecule is Cc1nn(C)c(Cl)c1SS(=O)(=O)O. The van der Waals surface area contributed by atoms with E-state index in [1.54, 1.807) is 14.0 Å². The number of hydrogen-bond donors (Lipinski definition) is 1. The minimum Gasteiger partial charge on any atom is -0.277 e. The summed E-state index contributed by atoms with van der Waals surface area (Å²) in [6, 6.07) is 0. The molecule has 0 amide bonds. The Morgan fingerprint density at radius 1 is 1.62 bits per heavy atom. The molecule has 1 aromatic heterocycles. The summed E-state index contributed by atoms with van der Waals surface area (Å²) in [7, 11) is -2.26. The summed E-state index contributed by atoms with van der Waals surface area (Å²) in [5, 5.41) is 4.08. The van der Waals surface area contributed by atoms with Crippen LogP contribution >= 0.6 is 22.4 Å². The van der Waals surface area contributed by atoms with Crippen LogP contribution in [-0.2, 0) is 16.2 Å². The van der Waals surface area contributed by atoms with E-state index in [0.29, 0.717) is 5.69 Å². The van der Waals surface area contributed by atoms with Crippen LogP contribution in [0.1, 0.15) is 5.69 Å². The van der Waals surface area contributed by atoms with Gasteiger partial charge in [-0.15, -0.1) is 0 Å². The molecule has 0 aliphatic heterocycles. The van der Waals surface area contributed by atoms with Crippen LogP contribution < -0.4 is 0 Å². The summed E-state index contributed by atoms with van der Waals surface area (Å²) in [6.07, 6.45) is 0. The first-order valence-corrected chi connectivity index (χ1v) is 6.32. The van der Waals surface area contributed by atoms with Crippen molar-refractivity contribution >= 4 is 31.5 Å². The molecule has 13 heavy (non-hydrogen) atoms. The van der Waals surface area contributed by atoms with Gasteiger partial charge in [0.15, 0.2) is 0 Å². The van der Waals surface area contributed by atoms with E-state index in [4.69, 9.17) is 16.2 Å². The van der Waals surface area contributed by atoms with Gasteiger partial charge in [-0.05, 0) is 6.92 Å². The van der Waals surface area contributed by atoms with Gasteiger partial charge in [0.1, 0.15) is 5.15 Å². The summed E-state index contributed by atoms with van der Waals surface area (Å²) < 4.78 is 31.0. The monoisotopic (exact) mass is 242 g/mol. The van der Waals surface area contributed by atoms with Crippen molar-refractivity contribution in [2.24, 2.45) is 7.05 Å². The molecule has 0 aliphatic rings. The molecule has 0 aromatic carbocycles. The summed E-state index contributed by atoms with van der Waals surface area (Å²) in [5.41, 5.74) is 0.468. The molecular weight excluding hydrogens is 236 g/mol. The average molecular weight is 243 g/mol. The first-order chi connectivity index (χ1) is 5.81. The van der Waals surface area contributed by atoms with E-state index in [0.717, 1.165) is 0 Å². The molecule has 0 unspecified atom stereocenters. The van der Waals surface area contributed by atoms with Gasteiger partial charge < -0.3 is 0 Å². The molecule has 0 radical (unpaired) electrons. The van der Waals surface area contributed by atoms with E-state index in [9.17, 15) is 8.42 Å². The zero-order valence-electron chi connectivity index (χ0n) is 6.85. The molecule has 0 saturated heterocycles. The van der Waals surface area contributed by atoms with Crippen LogP contribution in [0.5, 0.6) is 0 Å². The number of nitrogens with zero attached hydrogens (tertiary/aromatic N) is 2. The molecule has 1 aromatic rings. The fourth-order valence-electron chi connectivity index (χ4n) is 0.811. The Morgan fingerprint density at radius 2 is 2.15 bits per heavy atom. The minimum absolute atomic E-state index is 0.195. The Bertz CT molecular complexity index is 425. The Kier molecular flexibility index (Phi) is 2.91. The summed E-state index contributed by atoms with van der Waals surface area (Å²) in [4.78, 5) is 0.256. The zero-order chi connectivity index (χ0) is 10.2. The number of rotatable bonds is 2. The highest BCUT2D eigenvalue weighted by Crippen LogP contribution is 2.32. The van der Waals surface area contributed by atoms with Crippen LogP contribution in [0.25, 0.3) is 0 Å². The van der Waals surface area contributed by atoms with Crippen LogP contribution in [0.2, 0.25) is 5.15 Å². The van der Waals surface area contributed by atoms with Crippen molar-refractivity contribution < 1.29 is 13.0 Å². The Hall–Kier alpha value is -0.240. The van der Waals surface area contributed by atoms with Crippen molar-refractivity contribution in [3.05, 3.63) is 10.8 Å². The van der Waals surface area contributed by atoms with Crippen molar-refractivity contribution in [3.63, 3.8) is 0 Å². The Labute approximate surface area is 84.2 Å². The second kappa shape index (κ2) is 3.49. The van der Waals surface area contributed by atoms with Crippen LogP contribution in [0, 0.1) is 6.92 Å². The van der Waals surface area contributed by atoms with Crippen molar-refractivity contribution in [1.82, 2.24) is 9.78 Å². The van der Waals surface area contributed by atoms with Gasteiger partial charge in [-0.2, -0.15) is 13.5 Å². The Balaban J connectivity index is 3.15. The first-order valence-electron chi connectivity index (χ1n) is 3.17. The van der Waals surface area contributed by atoms with Crippen molar-refractivity contribution in [2.75, 3.05) is 0 Å². The van der Waals surface area contributed by atoms with Crippen molar-refractivity contribution in [2.45, 2.75) is 11.8 Å². The predicted molar refractivity (Wildman–Crippen MR) is 50.4 cm³/mol. The lowest BCUT2D eigenvalue weighted by Crippen LogP contribution is -1.90. The number of aryl methyl sites for hydroxylation is 2. The van der Waals surface area contributed by atoms with E-state index in [1.807, 2.05) is 0 Å². The van der Waals surface area contributed by atoms with Gasteiger partial charge in [-0.25, -0.2) is 0 Å². The molecule has 5 nitrogen and oxygen atoms in total. The molecule has 1 N–H and O–H groups in total. The highest BCUT2D eigenvalue weighted by atomic mass is 35.5. The summed E-state index contributed by atoms with van der Waals surface area (Å²) in [5.74, 6) is 0. The highest BCUT2D eigenvalue weighted by molar-refractivity contribution is 8.70. The van der Waals surface area contributed by atoms with Gasteiger partial charge >= 0.3 is 9.15 Å². The smallest absolute Gasteiger partial charge is 0.277 e. The molecule has 1 heterocycles. The number of hydrogen-bond acceptors (Lipinski definition) is 4. The topological polar surface area (TPSA) is 72.2 Å². The third-order valence-electron chi connectivity index (χ3n) is 1.29. The second-order valence-corrected chi connectivity index (χ2v) is 5.89. The maximum atomic E-state index is 10.5. The van der Waals surface area contributed by atoms with Gasteiger partial charge in [0.25, 0.3) is 0 Å². The molecule has 1 rings (SSSR count). The maximum absolute atomic E-state index is 10.5. The van der Waals surface area contributed by atoms with Gasteiger partial charge in [-0.1, -0.05) is 11.6 Å². The summed E-state index contributed by atoms with van der Waals surface area (Å²) >= 11 is 5.72. The van der Waals surface area contributed by atoms with Crippen molar-refractivity contribution in [3.8, 4) is 0 Å². The molecule has 0 saturated carbocycles. The normalized spacial score (nSPS) is 12.0.